The summed E-state index contributed by atoms with van der Waals surface area (Å²) in [4.78, 5) is 18.1. The van der Waals surface area contributed by atoms with Gasteiger partial charge in [-0.3, -0.25) is 9.69 Å². The molecule has 0 saturated carbocycles. The van der Waals surface area contributed by atoms with Crippen molar-refractivity contribution in [3.8, 4) is 0 Å². The summed E-state index contributed by atoms with van der Waals surface area (Å²) in [5.74, 6) is 0.573. The van der Waals surface area contributed by atoms with Crippen LogP contribution in [0.4, 0.5) is 4.39 Å². The van der Waals surface area contributed by atoms with Crippen LogP contribution in [0.25, 0.3) is 0 Å². The van der Waals surface area contributed by atoms with Gasteiger partial charge in [0, 0.05) is 31.2 Å². The number of likely N-dealkylation sites (tertiary alicyclic amines) is 1. The maximum absolute atomic E-state index is 13.8. The fraction of sp³-hybridized carbons (Fsp3) is 0.600. The van der Waals surface area contributed by atoms with Crippen LogP contribution in [0.3, 0.4) is 0 Å². The van der Waals surface area contributed by atoms with Crippen LogP contribution in [0.2, 0.25) is 0 Å². The van der Waals surface area contributed by atoms with E-state index in [-0.39, 0.29) is 11.9 Å². The van der Waals surface area contributed by atoms with Crippen molar-refractivity contribution in [1.29, 1.82) is 0 Å². The molecule has 24 heavy (non-hydrogen) atoms. The predicted molar refractivity (Wildman–Crippen MR) is 82.7 cm³/mol. The Labute approximate surface area is 139 Å². The molecule has 2 aromatic heterocycles. The summed E-state index contributed by atoms with van der Waals surface area (Å²) in [6.45, 7) is 4.89. The Balaban J connectivity index is 1.56. The van der Waals surface area contributed by atoms with E-state index in [1.807, 2.05) is 11.8 Å². The molecule has 3 atom stereocenters. The summed E-state index contributed by atoms with van der Waals surface area (Å²) in [6.07, 6.45) is 4.06. The van der Waals surface area contributed by atoms with Gasteiger partial charge in [0.05, 0.1) is 6.20 Å². The second-order valence-corrected chi connectivity index (χ2v) is 6.12. The van der Waals surface area contributed by atoms with Gasteiger partial charge >= 0.3 is 0 Å². The van der Waals surface area contributed by atoms with Gasteiger partial charge in [0.15, 0.2) is 0 Å². The fourth-order valence-corrected chi connectivity index (χ4v) is 2.92. The summed E-state index contributed by atoms with van der Waals surface area (Å²) < 4.78 is 20.4. The van der Waals surface area contributed by atoms with E-state index in [0.717, 1.165) is 11.3 Å². The first-order valence-corrected chi connectivity index (χ1v) is 7.94. The number of nitrogens with one attached hydrogen (secondary N) is 1. The second kappa shape index (κ2) is 7.08. The molecular weight excluding hydrogens is 315 g/mol. The average Bonchev–Trinajstić information content (AvgIpc) is 3.28. The Kier molecular flexibility index (Phi) is 4.89. The highest BCUT2D eigenvalue weighted by atomic mass is 19.1. The molecule has 1 aliphatic heterocycles. The first-order chi connectivity index (χ1) is 11.5. The number of nitrogens with zero attached hydrogens (tertiary/aromatic N) is 5. The lowest BCUT2D eigenvalue weighted by atomic mass is 10.2. The molecule has 0 spiro atoms. The normalized spacial score (nSPS) is 22.6. The monoisotopic (exact) mass is 336 g/mol. The summed E-state index contributed by atoms with van der Waals surface area (Å²) in [6, 6.07) is -0.509. The van der Waals surface area contributed by atoms with Crippen LogP contribution in [-0.4, -0.2) is 56.0 Å². The highest BCUT2D eigenvalue weighted by Gasteiger charge is 2.33. The largest absolute Gasteiger partial charge is 0.361 e. The molecule has 2 aromatic rings. The Hall–Kier alpha value is -2.29. The van der Waals surface area contributed by atoms with Gasteiger partial charge in [0.25, 0.3) is 0 Å². The predicted octanol–water partition coefficient (Wildman–Crippen LogP) is 0.864. The topological polar surface area (TPSA) is 89.1 Å². The van der Waals surface area contributed by atoms with Gasteiger partial charge in [-0.15, -0.1) is 0 Å². The molecule has 0 aliphatic carbocycles. The zero-order valence-corrected chi connectivity index (χ0v) is 13.7. The Morgan fingerprint density at radius 1 is 1.58 bits per heavy atom. The minimum Gasteiger partial charge on any atom is -0.361 e. The van der Waals surface area contributed by atoms with Gasteiger partial charge in [-0.25, -0.2) is 14.1 Å². The molecule has 9 heteroatoms. The maximum atomic E-state index is 13.8. The molecule has 0 aromatic carbocycles. The standard InChI is InChI=1S/C15H21FN6O2/c1-10(22-9-17-8-19-22)15(23)18-5-14-3-13(16)7-21(14)6-12-4-20-24-11(12)2/h4,8-10,13-14H,3,5-7H2,1-2H3,(H,18,23)/t10?,13-,14-/m0/s1. The number of carbonyl (C=O) groups excluding carboxylic acids is 1. The molecule has 1 amide bonds. The van der Waals surface area contributed by atoms with Crippen molar-refractivity contribution in [3.63, 3.8) is 0 Å². The third-order valence-electron chi connectivity index (χ3n) is 4.43. The molecule has 0 bridgehead atoms. The highest BCUT2D eigenvalue weighted by molar-refractivity contribution is 5.79. The number of amides is 1. The molecule has 1 unspecified atom stereocenters. The minimum atomic E-state index is -0.889. The molecule has 0 radical (unpaired) electrons. The van der Waals surface area contributed by atoms with E-state index in [4.69, 9.17) is 4.52 Å². The van der Waals surface area contributed by atoms with Crippen LogP contribution in [0, 0.1) is 6.92 Å². The molecule has 3 heterocycles. The van der Waals surface area contributed by atoms with E-state index in [0.29, 0.717) is 26.1 Å². The molecule has 8 nitrogen and oxygen atoms in total. The highest BCUT2D eigenvalue weighted by Crippen LogP contribution is 2.23. The summed E-state index contributed by atoms with van der Waals surface area (Å²) in [7, 11) is 0. The molecule has 1 saturated heterocycles. The number of hydrogen-bond donors (Lipinski definition) is 1. The quantitative estimate of drug-likeness (QED) is 0.842. The van der Waals surface area contributed by atoms with Gasteiger partial charge in [-0.2, -0.15) is 5.10 Å². The van der Waals surface area contributed by atoms with Crippen molar-refractivity contribution in [2.75, 3.05) is 13.1 Å². The number of hydrogen-bond acceptors (Lipinski definition) is 6. The van der Waals surface area contributed by atoms with E-state index in [1.165, 1.54) is 17.3 Å². The summed E-state index contributed by atoms with van der Waals surface area (Å²) in [5, 5.41) is 10.6. The third-order valence-corrected chi connectivity index (χ3v) is 4.43. The zero-order chi connectivity index (χ0) is 17.1. The Bertz CT molecular complexity index is 673. The van der Waals surface area contributed by atoms with Gasteiger partial charge in [0.1, 0.15) is 30.6 Å². The zero-order valence-electron chi connectivity index (χ0n) is 13.7. The number of carbonyl (C=O) groups is 1. The third kappa shape index (κ3) is 3.61. The van der Waals surface area contributed by atoms with Crippen molar-refractivity contribution in [2.45, 2.75) is 45.1 Å². The Morgan fingerprint density at radius 3 is 3.08 bits per heavy atom. The Morgan fingerprint density at radius 2 is 2.42 bits per heavy atom. The fourth-order valence-electron chi connectivity index (χ4n) is 2.92. The van der Waals surface area contributed by atoms with Crippen molar-refractivity contribution in [3.05, 3.63) is 30.2 Å². The lowest BCUT2D eigenvalue weighted by molar-refractivity contribution is -0.124. The van der Waals surface area contributed by atoms with Crippen molar-refractivity contribution >= 4 is 5.91 Å². The number of aromatic nitrogens is 4. The van der Waals surface area contributed by atoms with E-state index >= 15 is 0 Å². The molecule has 1 N–H and O–H groups in total. The van der Waals surface area contributed by atoms with Crippen molar-refractivity contribution < 1.29 is 13.7 Å². The molecule has 1 aliphatic rings. The minimum absolute atomic E-state index is 0.0544. The number of alkyl halides is 1. The van der Waals surface area contributed by atoms with Crippen molar-refractivity contribution in [2.24, 2.45) is 0 Å². The summed E-state index contributed by atoms with van der Waals surface area (Å²) >= 11 is 0. The molecular formula is C15H21FN6O2. The van der Waals surface area contributed by atoms with Gasteiger partial charge in [-0.05, 0) is 20.3 Å². The SMILES string of the molecule is Cc1oncc1CN1C[C@@H](F)C[C@H]1CNC(=O)C(C)n1cncn1. The smallest absolute Gasteiger partial charge is 0.244 e. The number of halogens is 1. The van der Waals surface area contributed by atoms with Crippen LogP contribution < -0.4 is 5.32 Å². The maximum Gasteiger partial charge on any atom is 0.244 e. The molecule has 1 fully saturated rings. The number of aryl methyl sites for hydroxylation is 1. The second-order valence-electron chi connectivity index (χ2n) is 6.12. The van der Waals surface area contributed by atoms with Gasteiger partial charge < -0.3 is 9.84 Å². The average molecular weight is 336 g/mol. The van der Waals surface area contributed by atoms with Crippen LogP contribution >= 0.6 is 0 Å². The summed E-state index contributed by atoms with van der Waals surface area (Å²) in [5.41, 5.74) is 0.941. The molecule has 130 valence electrons. The van der Waals surface area contributed by atoms with Crippen molar-refractivity contribution in [1.82, 2.24) is 30.1 Å². The lowest BCUT2D eigenvalue weighted by Gasteiger charge is -2.24. The van der Waals surface area contributed by atoms with E-state index < -0.39 is 12.2 Å². The first-order valence-electron chi connectivity index (χ1n) is 7.94. The van der Waals surface area contributed by atoms with Crippen LogP contribution in [0.5, 0.6) is 0 Å². The lowest BCUT2D eigenvalue weighted by Crippen LogP contribution is -2.41. The van der Waals surface area contributed by atoms with Gasteiger partial charge in [0.2, 0.25) is 5.91 Å². The van der Waals surface area contributed by atoms with Gasteiger partial charge in [-0.1, -0.05) is 5.16 Å². The van der Waals surface area contributed by atoms with Crippen LogP contribution in [0.15, 0.2) is 23.4 Å². The van der Waals surface area contributed by atoms with E-state index in [1.54, 1.807) is 13.1 Å². The first kappa shape index (κ1) is 16.6. The molecule has 3 rings (SSSR count). The number of rotatable bonds is 6. The van der Waals surface area contributed by atoms with E-state index in [2.05, 4.69) is 20.6 Å². The van der Waals surface area contributed by atoms with Crippen LogP contribution in [0.1, 0.15) is 30.7 Å². The van der Waals surface area contributed by atoms with E-state index in [9.17, 15) is 9.18 Å². The van der Waals surface area contributed by atoms with Crippen LogP contribution in [-0.2, 0) is 11.3 Å².